The molecule has 0 radical (unpaired) electrons. The van der Waals surface area contributed by atoms with Gasteiger partial charge in [-0.3, -0.25) is 4.79 Å². The van der Waals surface area contributed by atoms with E-state index in [-0.39, 0.29) is 24.4 Å². The number of nitrogens with zero attached hydrogens (tertiary/aromatic N) is 3. The summed E-state index contributed by atoms with van der Waals surface area (Å²) in [6.07, 6.45) is 0. The lowest BCUT2D eigenvalue weighted by atomic mass is 10.0. The van der Waals surface area contributed by atoms with Crippen molar-refractivity contribution >= 4 is 29.8 Å². The summed E-state index contributed by atoms with van der Waals surface area (Å²) in [5, 5.41) is 8.90. The van der Waals surface area contributed by atoms with Crippen molar-refractivity contribution in [2.75, 3.05) is 26.7 Å². The van der Waals surface area contributed by atoms with E-state index in [0.717, 1.165) is 17.9 Å². The maximum atomic E-state index is 12.6. The van der Waals surface area contributed by atoms with Gasteiger partial charge in [-0.15, -0.1) is 17.5 Å². The van der Waals surface area contributed by atoms with Crippen LogP contribution in [0.5, 0.6) is 5.75 Å². The summed E-state index contributed by atoms with van der Waals surface area (Å²) in [6.45, 7) is 2.11. The van der Waals surface area contributed by atoms with Gasteiger partial charge in [0.2, 0.25) is 0 Å². The first-order chi connectivity index (χ1) is 10.3. The van der Waals surface area contributed by atoms with Crippen LogP contribution in [-0.2, 0) is 0 Å². The summed E-state index contributed by atoms with van der Waals surface area (Å²) in [6, 6.07) is 7.73. The van der Waals surface area contributed by atoms with Gasteiger partial charge in [-0.1, -0.05) is 22.7 Å². The molecule has 2 heterocycles. The van der Waals surface area contributed by atoms with E-state index >= 15 is 0 Å². The van der Waals surface area contributed by atoms with Crippen molar-refractivity contribution in [3.05, 3.63) is 40.9 Å². The zero-order chi connectivity index (χ0) is 14.7. The number of ether oxygens (including phenoxy) is 1. The van der Waals surface area contributed by atoms with Gasteiger partial charge in [0, 0.05) is 30.6 Å². The van der Waals surface area contributed by atoms with Gasteiger partial charge in [0.1, 0.15) is 5.75 Å². The van der Waals surface area contributed by atoms with Gasteiger partial charge in [0.05, 0.1) is 13.2 Å². The minimum atomic E-state index is -0.0823. The van der Waals surface area contributed by atoms with Gasteiger partial charge < -0.3 is 15.0 Å². The number of piperazine rings is 1. The van der Waals surface area contributed by atoms with Crippen molar-refractivity contribution in [1.29, 1.82) is 0 Å². The molecule has 0 saturated carbocycles. The Morgan fingerprint density at radius 2 is 2.27 bits per heavy atom. The lowest BCUT2D eigenvalue weighted by molar-refractivity contribution is 0.0625. The molecule has 0 spiro atoms. The monoisotopic (exact) mass is 340 g/mol. The average Bonchev–Trinajstić information content (AvgIpc) is 3.08. The Morgan fingerprint density at radius 3 is 3.00 bits per heavy atom. The third-order valence-electron chi connectivity index (χ3n) is 3.58. The molecule has 0 aliphatic carbocycles. The molecule has 1 aliphatic rings. The number of carbonyl (C=O) groups excluding carboxylic acids is 1. The molecule has 1 atom stereocenters. The maximum Gasteiger partial charge on any atom is 0.275 e. The molecular formula is C14H17ClN4O2S. The van der Waals surface area contributed by atoms with E-state index in [0.29, 0.717) is 18.8 Å². The molecule has 1 aromatic heterocycles. The molecule has 1 N–H and O–H groups in total. The molecule has 1 fully saturated rings. The third kappa shape index (κ3) is 3.21. The number of methoxy groups -OCH3 is 1. The summed E-state index contributed by atoms with van der Waals surface area (Å²) in [4.78, 5) is 14.4. The van der Waals surface area contributed by atoms with Crippen LogP contribution >= 0.6 is 23.9 Å². The fraction of sp³-hybridized carbons (Fsp3) is 0.357. The van der Waals surface area contributed by atoms with Crippen LogP contribution in [-0.4, -0.2) is 47.1 Å². The smallest absolute Gasteiger partial charge is 0.275 e. The van der Waals surface area contributed by atoms with Gasteiger partial charge in [0.15, 0.2) is 5.69 Å². The van der Waals surface area contributed by atoms with E-state index in [9.17, 15) is 4.79 Å². The molecule has 118 valence electrons. The summed E-state index contributed by atoms with van der Waals surface area (Å²) in [7, 11) is 1.64. The molecular weight excluding hydrogens is 324 g/mol. The lowest BCUT2D eigenvalue weighted by Gasteiger charge is -2.36. The first-order valence-electron chi connectivity index (χ1n) is 6.73. The quantitative estimate of drug-likeness (QED) is 0.922. The van der Waals surface area contributed by atoms with Crippen molar-refractivity contribution in [1.82, 2.24) is 19.8 Å². The fourth-order valence-electron chi connectivity index (χ4n) is 2.57. The molecule has 1 saturated heterocycles. The highest BCUT2D eigenvalue weighted by Gasteiger charge is 2.31. The number of rotatable bonds is 3. The predicted octanol–water partition coefficient (Wildman–Crippen LogP) is 1.76. The molecule has 0 bridgehead atoms. The Balaban J connectivity index is 0.00000176. The number of carbonyl (C=O) groups is 1. The van der Waals surface area contributed by atoms with Crippen LogP contribution in [0.25, 0.3) is 0 Å². The first-order valence-corrected chi connectivity index (χ1v) is 7.56. The minimum absolute atomic E-state index is 0. The summed E-state index contributed by atoms with van der Waals surface area (Å²) in [5.74, 6) is 0.710. The van der Waals surface area contributed by atoms with Gasteiger partial charge in [-0.05, 0) is 17.6 Å². The van der Waals surface area contributed by atoms with Crippen LogP contribution < -0.4 is 10.1 Å². The summed E-state index contributed by atoms with van der Waals surface area (Å²) < 4.78 is 9.20. The predicted molar refractivity (Wildman–Crippen MR) is 86.8 cm³/mol. The molecule has 6 nitrogen and oxygen atoms in total. The van der Waals surface area contributed by atoms with Crippen LogP contribution in [0, 0.1) is 0 Å². The number of hydrogen-bond acceptors (Lipinski definition) is 6. The van der Waals surface area contributed by atoms with Crippen molar-refractivity contribution in [2.24, 2.45) is 0 Å². The molecule has 8 heteroatoms. The van der Waals surface area contributed by atoms with E-state index in [1.54, 1.807) is 12.5 Å². The molecule has 2 aromatic rings. The SMILES string of the molecule is COc1ccccc1C1CNCCN1C(=O)c1csnn1.Cl. The highest BCUT2D eigenvalue weighted by atomic mass is 35.5. The van der Waals surface area contributed by atoms with Crippen LogP contribution in [0.1, 0.15) is 22.1 Å². The van der Waals surface area contributed by atoms with Crippen molar-refractivity contribution in [3.63, 3.8) is 0 Å². The summed E-state index contributed by atoms with van der Waals surface area (Å²) >= 11 is 1.19. The first kappa shape index (κ1) is 16.7. The van der Waals surface area contributed by atoms with E-state index in [1.807, 2.05) is 29.2 Å². The average molecular weight is 341 g/mol. The topological polar surface area (TPSA) is 67.3 Å². The number of hydrogen-bond donors (Lipinski definition) is 1. The Hall–Kier alpha value is -1.70. The highest BCUT2D eigenvalue weighted by molar-refractivity contribution is 7.03. The number of aromatic nitrogens is 2. The summed E-state index contributed by atoms with van der Waals surface area (Å²) in [5.41, 5.74) is 1.41. The van der Waals surface area contributed by atoms with E-state index in [1.165, 1.54) is 11.5 Å². The second-order valence-electron chi connectivity index (χ2n) is 4.75. The molecule has 1 aliphatic heterocycles. The van der Waals surface area contributed by atoms with E-state index in [4.69, 9.17) is 4.74 Å². The van der Waals surface area contributed by atoms with Crippen LogP contribution in [0.4, 0.5) is 0 Å². The number of nitrogens with one attached hydrogen (secondary N) is 1. The largest absolute Gasteiger partial charge is 0.496 e. The standard InChI is InChI=1S/C14H16N4O2S.ClH/c1-20-13-5-3-2-4-10(13)12-8-15-6-7-18(12)14(19)11-9-21-17-16-11;/h2-5,9,12,15H,6-8H2,1H3;1H. The molecule has 3 rings (SSSR count). The zero-order valence-electron chi connectivity index (χ0n) is 12.1. The van der Waals surface area contributed by atoms with Crippen molar-refractivity contribution in [3.8, 4) is 5.75 Å². The molecule has 1 unspecified atom stereocenters. The van der Waals surface area contributed by atoms with Crippen LogP contribution in [0.2, 0.25) is 0 Å². The molecule has 22 heavy (non-hydrogen) atoms. The van der Waals surface area contributed by atoms with Crippen molar-refractivity contribution < 1.29 is 9.53 Å². The third-order valence-corrected chi connectivity index (χ3v) is 4.09. The lowest BCUT2D eigenvalue weighted by Crippen LogP contribution is -2.48. The Bertz CT molecular complexity index is 623. The number of para-hydroxylation sites is 1. The van der Waals surface area contributed by atoms with Crippen molar-refractivity contribution in [2.45, 2.75) is 6.04 Å². The Kier molecular flexibility index (Phi) is 5.70. The maximum absolute atomic E-state index is 12.6. The van der Waals surface area contributed by atoms with Gasteiger partial charge >= 0.3 is 0 Å². The van der Waals surface area contributed by atoms with Gasteiger partial charge in [-0.2, -0.15) is 0 Å². The van der Waals surface area contributed by atoms with Crippen LogP contribution in [0.15, 0.2) is 29.6 Å². The normalized spacial score (nSPS) is 17.7. The van der Waals surface area contributed by atoms with Crippen LogP contribution in [0.3, 0.4) is 0 Å². The molecule has 1 aromatic carbocycles. The minimum Gasteiger partial charge on any atom is -0.496 e. The Morgan fingerprint density at radius 1 is 1.45 bits per heavy atom. The second kappa shape index (κ2) is 7.53. The number of halogens is 1. The highest BCUT2D eigenvalue weighted by Crippen LogP contribution is 2.30. The fourth-order valence-corrected chi connectivity index (χ4v) is 3.00. The number of amides is 1. The molecule has 1 amide bonds. The zero-order valence-corrected chi connectivity index (χ0v) is 13.7. The van der Waals surface area contributed by atoms with E-state index < -0.39 is 0 Å². The van der Waals surface area contributed by atoms with Gasteiger partial charge in [-0.25, -0.2) is 0 Å². The second-order valence-corrected chi connectivity index (χ2v) is 5.36. The Labute approximate surface area is 139 Å². The van der Waals surface area contributed by atoms with E-state index in [2.05, 4.69) is 14.9 Å². The van der Waals surface area contributed by atoms with Gasteiger partial charge in [0.25, 0.3) is 5.91 Å². The number of benzene rings is 1.